The molecule has 7 heteroatoms. The minimum Gasteiger partial charge on any atom is -0.325 e. The molecule has 2 atom stereocenters. The molecule has 2 aromatic carbocycles. The van der Waals surface area contributed by atoms with Gasteiger partial charge in [0.2, 0.25) is 5.91 Å². The van der Waals surface area contributed by atoms with Gasteiger partial charge in [0.1, 0.15) is 11.6 Å². The lowest BCUT2D eigenvalue weighted by Crippen LogP contribution is -2.41. The fraction of sp³-hybridized carbons (Fsp3) is 0.235. The summed E-state index contributed by atoms with van der Waals surface area (Å²) in [5, 5.41) is 5.93. The first kappa shape index (κ1) is 15.8. The Hall–Kier alpha value is -1.69. The van der Waals surface area contributed by atoms with Crippen LogP contribution in [0.3, 0.4) is 0 Å². The van der Waals surface area contributed by atoms with Crippen molar-refractivity contribution in [2.45, 2.75) is 11.3 Å². The Labute approximate surface area is 147 Å². The molecule has 24 heavy (non-hydrogen) atoms. The van der Waals surface area contributed by atoms with Gasteiger partial charge >= 0.3 is 0 Å². The molecule has 2 aliphatic heterocycles. The van der Waals surface area contributed by atoms with Crippen LogP contribution in [0.5, 0.6) is 0 Å². The molecule has 1 unspecified atom stereocenters. The van der Waals surface area contributed by atoms with Crippen LogP contribution < -0.4 is 10.6 Å². The molecule has 1 spiro atoms. The van der Waals surface area contributed by atoms with Gasteiger partial charge in [0.05, 0.1) is 15.5 Å². The van der Waals surface area contributed by atoms with Crippen molar-refractivity contribution in [1.29, 1.82) is 0 Å². The van der Waals surface area contributed by atoms with Crippen molar-refractivity contribution in [3.8, 4) is 0 Å². The van der Waals surface area contributed by atoms with Crippen molar-refractivity contribution in [2.75, 3.05) is 18.4 Å². The van der Waals surface area contributed by atoms with Crippen molar-refractivity contribution in [3.63, 3.8) is 0 Å². The molecule has 1 fully saturated rings. The van der Waals surface area contributed by atoms with Gasteiger partial charge in [-0.3, -0.25) is 4.79 Å². The summed E-state index contributed by atoms with van der Waals surface area (Å²) in [7, 11) is 0. The first-order valence-electron chi connectivity index (χ1n) is 7.40. The minimum atomic E-state index is -0.970. The number of halogens is 4. The van der Waals surface area contributed by atoms with Gasteiger partial charge in [-0.05, 0) is 35.4 Å². The Morgan fingerprint density at radius 3 is 2.58 bits per heavy atom. The van der Waals surface area contributed by atoms with E-state index in [1.807, 2.05) is 0 Å². The average molecular weight is 369 g/mol. The van der Waals surface area contributed by atoms with Crippen LogP contribution >= 0.6 is 23.2 Å². The van der Waals surface area contributed by atoms with E-state index in [0.29, 0.717) is 24.3 Å². The van der Waals surface area contributed by atoms with Gasteiger partial charge in [-0.2, -0.15) is 0 Å². The number of hydrogen-bond acceptors (Lipinski definition) is 2. The lowest BCUT2D eigenvalue weighted by molar-refractivity contribution is -0.120. The summed E-state index contributed by atoms with van der Waals surface area (Å²) >= 11 is 11.7. The zero-order valence-corrected chi connectivity index (χ0v) is 13.8. The molecule has 2 aliphatic rings. The van der Waals surface area contributed by atoms with E-state index in [2.05, 4.69) is 10.6 Å². The first-order valence-corrected chi connectivity index (χ1v) is 8.15. The average Bonchev–Trinajstić information content (AvgIpc) is 3.08. The van der Waals surface area contributed by atoms with Gasteiger partial charge in [-0.15, -0.1) is 0 Å². The maximum absolute atomic E-state index is 14.0. The van der Waals surface area contributed by atoms with Crippen molar-refractivity contribution in [1.82, 2.24) is 5.32 Å². The van der Waals surface area contributed by atoms with Gasteiger partial charge in [-0.25, -0.2) is 8.78 Å². The van der Waals surface area contributed by atoms with Crippen molar-refractivity contribution in [2.24, 2.45) is 0 Å². The third kappa shape index (κ3) is 2.08. The Morgan fingerprint density at radius 2 is 1.83 bits per heavy atom. The third-order valence-electron chi connectivity index (χ3n) is 4.89. The van der Waals surface area contributed by atoms with Crippen LogP contribution in [-0.4, -0.2) is 19.0 Å². The largest absolute Gasteiger partial charge is 0.325 e. The topological polar surface area (TPSA) is 41.1 Å². The van der Waals surface area contributed by atoms with Crippen LogP contribution in [0.15, 0.2) is 30.3 Å². The molecule has 124 valence electrons. The summed E-state index contributed by atoms with van der Waals surface area (Å²) in [5.74, 6) is -1.62. The van der Waals surface area contributed by atoms with Crippen LogP contribution in [0.1, 0.15) is 17.0 Å². The monoisotopic (exact) mass is 368 g/mol. The highest BCUT2D eigenvalue weighted by atomic mass is 35.5. The molecule has 2 N–H and O–H groups in total. The first-order chi connectivity index (χ1) is 11.4. The molecule has 3 nitrogen and oxygen atoms in total. The van der Waals surface area contributed by atoms with Gasteiger partial charge in [0, 0.05) is 24.7 Å². The van der Waals surface area contributed by atoms with E-state index in [-0.39, 0.29) is 21.9 Å². The van der Waals surface area contributed by atoms with Crippen molar-refractivity contribution >= 4 is 34.8 Å². The van der Waals surface area contributed by atoms with Crippen LogP contribution in [0.25, 0.3) is 0 Å². The predicted molar refractivity (Wildman–Crippen MR) is 88.7 cm³/mol. The molecule has 1 amide bonds. The summed E-state index contributed by atoms with van der Waals surface area (Å²) in [6.45, 7) is 0.853. The van der Waals surface area contributed by atoms with Crippen LogP contribution in [0, 0.1) is 11.6 Å². The number of rotatable bonds is 1. The molecule has 4 rings (SSSR count). The van der Waals surface area contributed by atoms with Crippen molar-refractivity contribution in [3.05, 3.63) is 63.1 Å². The molecule has 0 aromatic heterocycles. The minimum absolute atomic E-state index is 0.00420. The third-order valence-corrected chi connectivity index (χ3v) is 5.47. The number of nitrogens with one attached hydrogen (secondary N) is 2. The smallest absolute Gasteiger partial charge is 0.237 e. The highest BCUT2D eigenvalue weighted by Crippen LogP contribution is 2.50. The van der Waals surface area contributed by atoms with E-state index >= 15 is 0 Å². The van der Waals surface area contributed by atoms with Crippen molar-refractivity contribution < 1.29 is 13.6 Å². The molecular formula is C17H12Cl2F2N2O. The quantitative estimate of drug-likeness (QED) is 0.802. The standard InChI is InChI=1S/C17H12Cl2F2N2O/c18-11-3-8(1-2-13(11)20)10-6-22-7-17(10)9-4-14(21)12(19)5-15(9)23-16(17)24/h1-5,10,22H,6-7H2,(H,23,24)/t10?,17-/m1/s1. The maximum Gasteiger partial charge on any atom is 0.237 e. The van der Waals surface area contributed by atoms with E-state index in [1.165, 1.54) is 24.3 Å². The number of anilines is 1. The Morgan fingerprint density at radius 1 is 1.08 bits per heavy atom. The summed E-state index contributed by atoms with van der Waals surface area (Å²) in [6, 6.07) is 7.14. The van der Waals surface area contributed by atoms with E-state index in [4.69, 9.17) is 23.2 Å². The number of carbonyl (C=O) groups excluding carboxylic acids is 1. The molecule has 2 aromatic rings. The van der Waals surface area contributed by atoms with Gasteiger partial charge < -0.3 is 10.6 Å². The molecule has 1 saturated heterocycles. The Bertz CT molecular complexity index is 874. The predicted octanol–water partition coefficient (Wildman–Crippen LogP) is 3.85. The van der Waals surface area contributed by atoms with Gasteiger partial charge in [0.25, 0.3) is 0 Å². The van der Waals surface area contributed by atoms with E-state index < -0.39 is 17.0 Å². The van der Waals surface area contributed by atoms with E-state index in [9.17, 15) is 13.6 Å². The fourth-order valence-electron chi connectivity index (χ4n) is 3.74. The van der Waals surface area contributed by atoms with Crippen LogP contribution in [0.2, 0.25) is 10.0 Å². The van der Waals surface area contributed by atoms with Gasteiger partial charge in [-0.1, -0.05) is 29.3 Å². The number of fused-ring (bicyclic) bond motifs is 2. The highest BCUT2D eigenvalue weighted by molar-refractivity contribution is 6.31. The Kier molecular flexibility index (Phi) is 3.56. The van der Waals surface area contributed by atoms with E-state index in [1.54, 1.807) is 6.07 Å². The summed E-state index contributed by atoms with van der Waals surface area (Å²) in [5.41, 5.74) is 0.824. The fourth-order valence-corrected chi connectivity index (χ4v) is 4.09. The second-order valence-electron chi connectivity index (χ2n) is 6.09. The lowest BCUT2D eigenvalue weighted by Gasteiger charge is -2.29. The zero-order chi connectivity index (χ0) is 17.1. The summed E-state index contributed by atoms with van der Waals surface area (Å²) < 4.78 is 27.5. The zero-order valence-electron chi connectivity index (χ0n) is 12.3. The second kappa shape index (κ2) is 5.41. The highest BCUT2D eigenvalue weighted by Gasteiger charge is 2.55. The SMILES string of the molecule is O=C1Nc2cc(Cl)c(F)cc2[C@@]12CNCC2c1ccc(F)c(Cl)c1. The van der Waals surface area contributed by atoms with Crippen LogP contribution in [-0.2, 0) is 10.2 Å². The van der Waals surface area contributed by atoms with E-state index in [0.717, 1.165) is 5.56 Å². The number of benzene rings is 2. The number of carbonyl (C=O) groups is 1. The normalized spacial score (nSPS) is 25.2. The molecule has 0 bridgehead atoms. The molecule has 0 radical (unpaired) electrons. The summed E-state index contributed by atoms with van der Waals surface area (Å²) in [4.78, 5) is 12.8. The number of hydrogen-bond donors (Lipinski definition) is 2. The molecular weight excluding hydrogens is 357 g/mol. The Balaban J connectivity index is 1.89. The summed E-state index contributed by atoms with van der Waals surface area (Å²) in [6.07, 6.45) is 0. The van der Waals surface area contributed by atoms with Gasteiger partial charge in [0.15, 0.2) is 0 Å². The number of amides is 1. The maximum atomic E-state index is 14.0. The second-order valence-corrected chi connectivity index (χ2v) is 6.91. The molecule has 2 heterocycles. The lowest BCUT2D eigenvalue weighted by atomic mass is 9.70. The van der Waals surface area contributed by atoms with Crippen LogP contribution in [0.4, 0.5) is 14.5 Å². The molecule has 0 aliphatic carbocycles. The molecule has 0 saturated carbocycles.